The van der Waals surface area contributed by atoms with Gasteiger partial charge >= 0.3 is 12.0 Å². The third-order valence-electron chi connectivity index (χ3n) is 2.93. The number of nitrogens with one attached hydrogen (secondary N) is 3. The van der Waals surface area contributed by atoms with Crippen LogP contribution in [0.3, 0.4) is 0 Å². The molecule has 0 heterocycles. The van der Waals surface area contributed by atoms with Crippen molar-refractivity contribution in [2.45, 2.75) is 26.3 Å². The first-order chi connectivity index (χ1) is 11.2. The van der Waals surface area contributed by atoms with Gasteiger partial charge in [-0.2, -0.15) is 0 Å². The van der Waals surface area contributed by atoms with Gasteiger partial charge < -0.3 is 21.1 Å². The van der Waals surface area contributed by atoms with Crippen LogP contribution >= 0.6 is 23.2 Å². The lowest BCUT2D eigenvalue weighted by Gasteiger charge is -2.16. The highest BCUT2D eigenvalue weighted by Crippen LogP contribution is 2.24. The van der Waals surface area contributed by atoms with Crippen LogP contribution in [-0.4, -0.2) is 35.6 Å². The van der Waals surface area contributed by atoms with Gasteiger partial charge in [0.2, 0.25) is 5.91 Å². The molecule has 4 N–H and O–H groups in total. The van der Waals surface area contributed by atoms with Crippen molar-refractivity contribution in [3.63, 3.8) is 0 Å². The van der Waals surface area contributed by atoms with Gasteiger partial charge in [0, 0.05) is 5.69 Å². The van der Waals surface area contributed by atoms with Crippen LogP contribution in [0.15, 0.2) is 18.2 Å². The molecule has 0 aliphatic carbocycles. The average molecular weight is 376 g/mol. The van der Waals surface area contributed by atoms with Gasteiger partial charge in [-0.3, -0.25) is 4.79 Å². The fourth-order valence-electron chi connectivity index (χ4n) is 1.85. The van der Waals surface area contributed by atoms with Crippen molar-refractivity contribution in [1.29, 1.82) is 0 Å². The summed E-state index contributed by atoms with van der Waals surface area (Å²) in [6.45, 7) is 3.35. The molecule has 1 atom stereocenters. The summed E-state index contributed by atoms with van der Waals surface area (Å²) in [5, 5.41) is 16.9. The second kappa shape index (κ2) is 9.34. The third kappa shape index (κ3) is 7.06. The maximum atomic E-state index is 11.7. The van der Waals surface area contributed by atoms with Crippen LogP contribution in [0.1, 0.15) is 20.3 Å². The number of hydrogen-bond donors (Lipinski definition) is 4. The van der Waals surface area contributed by atoms with E-state index in [-0.39, 0.29) is 17.5 Å². The Labute approximate surface area is 149 Å². The second-order valence-electron chi connectivity index (χ2n) is 5.52. The van der Waals surface area contributed by atoms with E-state index in [0.29, 0.717) is 17.1 Å². The molecule has 0 saturated carbocycles. The summed E-state index contributed by atoms with van der Waals surface area (Å²) in [4.78, 5) is 34.5. The van der Waals surface area contributed by atoms with Crippen molar-refractivity contribution < 1.29 is 19.5 Å². The number of amides is 3. The van der Waals surface area contributed by atoms with Gasteiger partial charge in [-0.25, -0.2) is 9.59 Å². The van der Waals surface area contributed by atoms with E-state index < -0.39 is 23.9 Å². The molecule has 0 radical (unpaired) electrons. The zero-order valence-electron chi connectivity index (χ0n) is 13.2. The lowest BCUT2D eigenvalue weighted by Crippen LogP contribution is -2.46. The lowest BCUT2D eigenvalue weighted by atomic mass is 10.0. The van der Waals surface area contributed by atoms with Gasteiger partial charge in [-0.1, -0.05) is 37.0 Å². The number of anilines is 1. The van der Waals surface area contributed by atoms with Crippen LogP contribution in [0.2, 0.25) is 10.0 Å². The Balaban J connectivity index is 2.46. The third-order valence-corrected chi connectivity index (χ3v) is 3.67. The summed E-state index contributed by atoms with van der Waals surface area (Å²) in [7, 11) is 0. The maximum Gasteiger partial charge on any atom is 0.326 e. The lowest BCUT2D eigenvalue weighted by molar-refractivity contribution is -0.142. The molecule has 0 unspecified atom stereocenters. The summed E-state index contributed by atoms with van der Waals surface area (Å²) in [5.74, 6) is -1.60. The molecule has 1 rings (SSSR count). The number of carbonyl (C=O) groups is 3. The first kappa shape index (κ1) is 20.1. The molecule has 0 fully saturated rings. The number of halogens is 2. The molecule has 7 nitrogen and oxygen atoms in total. The van der Waals surface area contributed by atoms with Crippen molar-refractivity contribution in [3.05, 3.63) is 28.2 Å². The van der Waals surface area contributed by atoms with Crippen molar-refractivity contribution in [2.24, 2.45) is 5.92 Å². The average Bonchev–Trinajstić information content (AvgIpc) is 2.48. The first-order valence-electron chi connectivity index (χ1n) is 7.21. The zero-order valence-corrected chi connectivity index (χ0v) is 14.7. The molecule has 0 saturated heterocycles. The number of aliphatic carboxylic acids is 1. The molecule has 0 aliphatic rings. The zero-order chi connectivity index (χ0) is 18.3. The molecule has 9 heteroatoms. The molecule has 0 bridgehead atoms. The Hall–Kier alpha value is -1.99. The molecule has 24 heavy (non-hydrogen) atoms. The largest absolute Gasteiger partial charge is 0.480 e. The van der Waals surface area contributed by atoms with Crippen molar-refractivity contribution in [3.8, 4) is 0 Å². The Morgan fingerprint density at radius 2 is 1.83 bits per heavy atom. The predicted octanol–water partition coefficient (Wildman–Crippen LogP) is 2.73. The summed E-state index contributed by atoms with van der Waals surface area (Å²) < 4.78 is 0. The van der Waals surface area contributed by atoms with Crippen molar-refractivity contribution in [1.82, 2.24) is 10.6 Å². The molecule has 1 aromatic carbocycles. The molecular formula is C15H19Cl2N3O4. The van der Waals surface area contributed by atoms with Crippen LogP contribution in [0.25, 0.3) is 0 Å². The SMILES string of the molecule is CC(C)C[C@@H](NC(=O)CNC(=O)Nc1ccc(Cl)c(Cl)c1)C(=O)O. The fourth-order valence-corrected chi connectivity index (χ4v) is 2.15. The van der Waals surface area contributed by atoms with E-state index in [4.69, 9.17) is 28.3 Å². The Morgan fingerprint density at radius 1 is 1.17 bits per heavy atom. The number of carboxylic acids is 1. The minimum atomic E-state index is -1.11. The van der Waals surface area contributed by atoms with E-state index in [1.807, 2.05) is 13.8 Å². The molecule has 132 valence electrons. The van der Waals surface area contributed by atoms with Crippen LogP contribution in [0, 0.1) is 5.92 Å². The summed E-state index contributed by atoms with van der Waals surface area (Å²) in [6, 6.07) is 2.93. The topological polar surface area (TPSA) is 108 Å². The minimum Gasteiger partial charge on any atom is -0.480 e. The van der Waals surface area contributed by atoms with Gasteiger partial charge in [0.1, 0.15) is 6.04 Å². The van der Waals surface area contributed by atoms with Gasteiger partial charge in [0.25, 0.3) is 0 Å². The smallest absolute Gasteiger partial charge is 0.326 e. The first-order valence-corrected chi connectivity index (χ1v) is 7.96. The highest BCUT2D eigenvalue weighted by molar-refractivity contribution is 6.42. The molecule has 1 aromatic rings. The van der Waals surface area contributed by atoms with E-state index in [2.05, 4.69) is 16.0 Å². The highest BCUT2D eigenvalue weighted by atomic mass is 35.5. The van der Waals surface area contributed by atoms with E-state index >= 15 is 0 Å². The number of urea groups is 1. The minimum absolute atomic E-state index is 0.109. The molecule has 0 aliphatic heterocycles. The van der Waals surface area contributed by atoms with Gasteiger partial charge in [-0.05, 0) is 30.5 Å². The monoisotopic (exact) mass is 375 g/mol. The predicted molar refractivity (Wildman–Crippen MR) is 92.5 cm³/mol. The van der Waals surface area contributed by atoms with E-state index in [9.17, 15) is 14.4 Å². The Kier molecular flexibility index (Phi) is 7.81. The standard InChI is InChI=1S/C15H19Cl2N3O4/c1-8(2)5-12(14(22)23)20-13(21)7-18-15(24)19-9-3-4-10(16)11(17)6-9/h3-4,6,8,12H,5,7H2,1-2H3,(H,20,21)(H,22,23)(H2,18,19,24)/t12-/m1/s1. The Bertz CT molecular complexity index is 623. The van der Waals surface area contributed by atoms with Crippen molar-refractivity contribution in [2.75, 3.05) is 11.9 Å². The maximum absolute atomic E-state index is 11.7. The quantitative estimate of drug-likeness (QED) is 0.587. The molecular weight excluding hydrogens is 357 g/mol. The molecule has 0 spiro atoms. The van der Waals surface area contributed by atoms with Crippen LogP contribution in [0.4, 0.5) is 10.5 Å². The van der Waals surface area contributed by atoms with E-state index in [0.717, 1.165) is 0 Å². The fraction of sp³-hybridized carbons (Fsp3) is 0.400. The van der Waals surface area contributed by atoms with Gasteiger partial charge in [0.05, 0.1) is 16.6 Å². The number of hydrogen-bond acceptors (Lipinski definition) is 3. The van der Waals surface area contributed by atoms with Gasteiger partial charge in [-0.15, -0.1) is 0 Å². The number of carboxylic acid groups (broad SMARTS) is 1. The summed E-state index contributed by atoms with van der Waals surface area (Å²) in [5.41, 5.74) is 0.408. The highest BCUT2D eigenvalue weighted by Gasteiger charge is 2.21. The number of carbonyl (C=O) groups excluding carboxylic acids is 2. The Morgan fingerprint density at radius 3 is 2.38 bits per heavy atom. The molecule has 3 amide bonds. The van der Waals surface area contributed by atoms with E-state index in [1.165, 1.54) is 12.1 Å². The van der Waals surface area contributed by atoms with Gasteiger partial charge in [0.15, 0.2) is 0 Å². The summed E-state index contributed by atoms with van der Waals surface area (Å²) >= 11 is 11.6. The second-order valence-corrected chi connectivity index (χ2v) is 6.34. The normalized spacial score (nSPS) is 11.7. The number of rotatable bonds is 7. The van der Waals surface area contributed by atoms with Crippen molar-refractivity contribution >= 4 is 46.8 Å². The number of benzene rings is 1. The van der Waals surface area contributed by atoms with Crippen LogP contribution < -0.4 is 16.0 Å². The molecule has 0 aromatic heterocycles. The van der Waals surface area contributed by atoms with Crippen LogP contribution in [0.5, 0.6) is 0 Å². The summed E-state index contributed by atoms with van der Waals surface area (Å²) in [6.07, 6.45) is 0.302. The van der Waals surface area contributed by atoms with Crippen LogP contribution in [-0.2, 0) is 9.59 Å². The van der Waals surface area contributed by atoms with E-state index in [1.54, 1.807) is 6.07 Å².